The predicted octanol–water partition coefficient (Wildman–Crippen LogP) is 3.28. The van der Waals surface area contributed by atoms with E-state index in [4.69, 9.17) is 4.74 Å². The lowest BCUT2D eigenvalue weighted by Gasteiger charge is -2.11. The quantitative estimate of drug-likeness (QED) is 0.625. The summed E-state index contributed by atoms with van der Waals surface area (Å²) < 4.78 is 7.66. The second kappa shape index (κ2) is 8.33. The Morgan fingerprint density at radius 2 is 2.19 bits per heavy atom. The van der Waals surface area contributed by atoms with Crippen LogP contribution in [0.3, 0.4) is 0 Å². The fraction of sp³-hybridized carbons (Fsp3) is 0.294. The number of nitrogens with zero attached hydrogens (tertiary/aromatic N) is 4. The summed E-state index contributed by atoms with van der Waals surface area (Å²) in [5.74, 6) is 1.40. The van der Waals surface area contributed by atoms with Gasteiger partial charge in [-0.15, -0.1) is 21.5 Å². The number of carbonyl (C=O) groups excluding carboxylic acids is 1. The number of para-hydroxylation sites is 1. The largest absolute Gasteiger partial charge is 0.485 e. The number of aryl methyl sites for hydroxylation is 1. The molecule has 1 atom stereocenters. The highest BCUT2D eigenvalue weighted by molar-refractivity contribution is 8.00. The number of amides is 1. The molecule has 1 aromatic carbocycles. The van der Waals surface area contributed by atoms with Crippen LogP contribution in [0, 0.1) is 6.92 Å². The fourth-order valence-electron chi connectivity index (χ4n) is 2.14. The van der Waals surface area contributed by atoms with Gasteiger partial charge in [-0.1, -0.05) is 30.0 Å². The monoisotopic (exact) mass is 389 g/mol. The van der Waals surface area contributed by atoms with Gasteiger partial charge in [0.15, 0.2) is 16.1 Å². The van der Waals surface area contributed by atoms with Gasteiger partial charge in [0.1, 0.15) is 12.4 Å². The average Bonchev–Trinajstić information content (AvgIpc) is 3.25. The highest BCUT2D eigenvalue weighted by atomic mass is 32.2. The molecule has 3 rings (SSSR count). The first-order valence-electron chi connectivity index (χ1n) is 7.98. The molecule has 26 heavy (non-hydrogen) atoms. The highest BCUT2D eigenvalue weighted by Gasteiger charge is 2.19. The molecule has 7 nitrogen and oxygen atoms in total. The molecule has 0 aliphatic heterocycles. The topological polar surface area (TPSA) is 81.9 Å². The number of hydrogen-bond acceptors (Lipinski definition) is 7. The number of nitrogens with one attached hydrogen (secondary N) is 1. The molecular formula is C17H19N5O2S2. The predicted molar refractivity (Wildman–Crippen MR) is 103 cm³/mol. The van der Waals surface area contributed by atoms with Crippen LogP contribution < -0.4 is 10.1 Å². The molecule has 1 amide bonds. The van der Waals surface area contributed by atoms with Crippen LogP contribution in [0.1, 0.15) is 18.3 Å². The maximum Gasteiger partial charge on any atom is 0.239 e. The number of thiazole rings is 1. The van der Waals surface area contributed by atoms with Gasteiger partial charge in [-0.25, -0.2) is 4.98 Å². The molecule has 0 bridgehead atoms. The smallest absolute Gasteiger partial charge is 0.239 e. The van der Waals surface area contributed by atoms with E-state index in [0.717, 1.165) is 11.3 Å². The van der Waals surface area contributed by atoms with Crippen molar-refractivity contribution in [1.29, 1.82) is 0 Å². The zero-order valence-corrected chi connectivity index (χ0v) is 16.3. The standard InChI is InChI=1S/C17H19N5O2S2/c1-11-6-4-5-7-13(11)24-10-14-20-21-17(22(14)3)26-12(2)15(23)19-16-18-8-9-25-16/h4-9,12H,10H2,1-3H3,(H,18,19,23)/t12-/m1/s1. The van der Waals surface area contributed by atoms with E-state index in [0.29, 0.717) is 22.7 Å². The van der Waals surface area contributed by atoms with Gasteiger partial charge < -0.3 is 14.6 Å². The zero-order valence-electron chi connectivity index (χ0n) is 14.7. The van der Waals surface area contributed by atoms with Gasteiger partial charge in [-0.3, -0.25) is 4.79 Å². The van der Waals surface area contributed by atoms with Crippen molar-refractivity contribution in [3.05, 3.63) is 47.2 Å². The van der Waals surface area contributed by atoms with E-state index in [1.807, 2.05) is 55.1 Å². The van der Waals surface area contributed by atoms with Crippen molar-refractivity contribution in [2.24, 2.45) is 7.05 Å². The maximum atomic E-state index is 12.2. The fourth-order valence-corrected chi connectivity index (χ4v) is 3.50. The molecule has 136 valence electrons. The summed E-state index contributed by atoms with van der Waals surface area (Å²) in [4.78, 5) is 16.3. The number of thioether (sulfide) groups is 1. The summed E-state index contributed by atoms with van der Waals surface area (Å²) in [5, 5.41) is 13.9. The number of aromatic nitrogens is 4. The van der Waals surface area contributed by atoms with E-state index in [1.54, 1.807) is 6.20 Å². The minimum Gasteiger partial charge on any atom is -0.485 e. The molecular weight excluding hydrogens is 370 g/mol. The molecule has 0 spiro atoms. The molecule has 0 fully saturated rings. The second-order valence-electron chi connectivity index (χ2n) is 5.60. The van der Waals surface area contributed by atoms with Gasteiger partial charge in [0.05, 0.1) is 5.25 Å². The minimum absolute atomic E-state index is 0.120. The van der Waals surface area contributed by atoms with Crippen LogP contribution in [0.4, 0.5) is 5.13 Å². The number of hydrogen-bond donors (Lipinski definition) is 1. The SMILES string of the molecule is Cc1ccccc1OCc1nnc(S[C@H](C)C(=O)Nc2nccs2)n1C. The van der Waals surface area contributed by atoms with Gasteiger partial charge >= 0.3 is 0 Å². The third-order valence-electron chi connectivity index (χ3n) is 3.69. The summed E-state index contributed by atoms with van der Waals surface area (Å²) in [6.07, 6.45) is 1.65. The van der Waals surface area contributed by atoms with Crippen LogP contribution >= 0.6 is 23.1 Å². The Balaban J connectivity index is 1.59. The van der Waals surface area contributed by atoms with Gasteiger partial charge in [0, 0.05) is 18.6 Å². The number of anilines is 1. The highest BCUT2D eigenvalue weighted by Crippen LogP contribution is 2.24. The van der Waals surface area contributed by atoms with Crippen LogP contribution in [0.5, 0.6) is 5.75 Å². The minimum atomic E-state index is -0.327. The third kappa shape index (κ3) is 4.41. The summed E-state index contributed by atoms with van der Waals surface area (Å²) in [6.45, 7) is 4.14. The Morgan fingerprint density at radius 3 is 2.92 bits per heavy atom. The van der Waals surface area contributed by atoms with E-state index in [-0.39, 0.29) is 11.2 Å². The van der Waals surface area contributed by atoms with E-state index in [1.165, 1.54) is 23.1 Å². The van der Waals surface area contributed by atoms with Crippen molar-refractivity contribution < 1.29 is 9.53 Å². The van der Waals surface area contributed by atoms with E-state index in [9.17, 15) is 4.79 Å². The molecule has 0 saturated heterocycles. The lowest BCUT2D eigenvalue weighted by Crippen LogP contribution is -2.22. The first-order chi connectivity index (χ1) is 12.5. The molecule has 0 unspecified atom stereocenters. The average molecular weight is 390 g/mol. The molecule has 0 aliphatic carbocycles. The molecule has 9 heteroatoms. The van der Waals surface area contributed by atoms with E-state index < -0.39 is 0 Å². The normalized spacial score (nSPS) is 12.0. The van der Waals surface area contributed by atoms with Crippen LogP contribution in [0.25, 0.3) is 0 Å². The first-order valence-corrected chi connectivity index (χ1v) is 9.74. The number of rotatable bonds is 7. The summed E-state index contributed by atoms with van der Waals surface area (Å²) >= 11 is 2.73. The van der Waals surface area contributed by atoms with Crippen molar-refractivity contribution in [3.8, 4) is 5.75 Å². The van der Waals surface area contributed by atoms with Crippen molar-refractivity contribution in [2.75, 3.05) is 5.32 Å². The van der Waals surface area contributed by atoms with Crippen LogP contribution in [-0.2, 0) is 18.4 Å². The van der Waals surface area contributed by atoms with E-state index in [2.05, 4.69) is 20.5 Å². The van der Waals surface area contributed by atoms with Crippen molar-refractivity contribution >= 4 is 34.1 Å². The Bertz CT molecular complexity index is 879. The van der Waals surface area contributed by atoms with Crippen molar-refractivity contribution in [3.63, 3.8) is 0 Å². The van der Waals surface area contributed by atoms with Gasteiger partial charge in [0.2, 0.25) is 5.91 Å². The maximum absolute atomic E-state index is 12.2. The Labute approximate surface area is 159 Å². The summed E-state index contributed by atoms with van der Waals surface area (Å²) in [5.41, 5.74) is 1.07. The summed E-state index contributed by atoms with van der Waals surface area (Å²) in [6, 6.07) is 7.82. The molecule has 1 N–H and O–H groups in total. The van der Waals surface area contributed by atoms with Crippen LogP contribution in [0.15, 0.2) is 41.0 Å². The van der Waals surface area contributed by atoms with Gasteiger partial charge in [-0.2, -0.15) is 0 Å². The third-order valence-corrected chi connectivity index (χ3v) is 5.51. The first kappa shape index (κ1) is 18.4. The van der Waals surface area contributed by atoms with Crippen molar-refractivity contribution in [1.82, 2.24) is 19.7 Å². The molecule has 0 aliphatic rings. The van der Waals surface area contributed by atoms with Crippen molar-refractivity contribution in [2.45, 2.75) is 30.9 Å². The Morgan fingerprint density at radius 1 is 1.38 bits per heavy atom. The number of benzene rings is 1. The molecule has 0 saturated carbocycles. The van der Waals surface area contributed by atoms with E-state index >= 15 is 0 Å². The van der Waals surface area contributed by atoms with Crippen LogP contribution in [-0.4, -0.2) is 30.9 Å². The molecule has 3 aromatic rings. The van der Waals surface area contributed by atoms with Gasteiger partial charge in [0.25, 0.3) is 0 Å². The Hall–Kier alpha value is -2.39. The number of ether oxygens (including phenoxy) is 1. The lowest BCUT2D eigenvalue weighted by atomic mass is 10.2. The van der Waals surface area contributed by atoms with Crippen LogP contribution in [0.2, 0.25) is 0 Å². The molecule has 2 aromatic heterocycles. The lowest BCUT2D eigenvalue weighted by molar-refractivity contribution is -0.115. The molecule has 2 heterocycles. The Kier molecular flexibility index (Phi) is 5.89. The molecule has 0 radical (unpaired) electrons. The zero-order chi connectivity index (χ0) is 18.5. The number of carbonyl (C=O) groups is 1. The van der Waals surface area contributed by atoms with Gasteiger partial charge in [-0.05, 0) is 25.5 Å². The summed E-state index contributed by atoms with van der Waals surface area (Å²) in [7, 11) is 1.87. The second-order valence-corrected chi connectivity index (χ2v) is 7.80.